The van der Waals surface area contributed by atoms with Gasteiger partial charge in [0.15, 0.2) is 0 Å². The molecule has 14 aromatic rings. The Bertz CT molecular complexity index is 4950. The smallest absolute Gasteiger partial charge is 0.252 e. The first-order valence-corrected chi connectivity index (χ1v) is 32.2. The molecule has 434 valence electrons. The molecule has 92 heavy (non-hydrogen) atoms. The van der Waals surface area contributed by atoms with Crippen molar-refractivity contribution in [2.24, 2.45) is 0 Å². The van der Waals surface area contributed by atoms with E-state index in [1.807, 2.05) is 0 Å². The molecule has 17 rings (SSSR count). The van der Waals surface area contributed by atoms with E-state index in [1.165, 1.54) is 111 Å². The van der Waals surface area contributed by atoms with Crippen molar-refractivity contribution in [2.45, 2.75) is 31.6 Å². The van der Waals surface area contributed by atoms with Gasteiger partial charge in [0.1, 0.15) is 0 Å². The van der Waals surface area contributed by atoms with Gasteiger partial charge in [0.2, 0.25) is 0 Å². The second-order valence-corrected chi connectivity index (χ2v) is 26.0. The highest BCUT2D eigenvalue weighted by Crippen LogP contribution is 2.58. The topological polar surface area (TPSA) is 6.48 Å². The maximum Gasteiger partial charge on any atom is 0.252 e. The summed E-state index contributed by atoms with van der Waals surface area (Å²) in [4.78, 5) is 5.25. The van der Waals surface area contributed by atoms with Gasteiger partial charge in [-0.3, -0.25) is 0 Å². The molecule has 3 heteroatoms. The maximum absolute atomic E-state index is 2.66. The minimum Gasteiger partial charge on any atom is -0.311 e. The first-order chi connectivity index (χ1) is 45.2. The SMILES string of the molecule is CC(C)(C)c1ccc2c(c1)B1c3cc4c(cc3N(c3ccc(-c5ccccc5)cc3)c3cc(-c5cc(-c6ccccc6)cc(-c6ccccc6)c5)cc(c31)N2c1cc(-c2ccccc2)cc(-c2ccccc2)c1)-c1ccccc1C4(c1ccccc1)c1ccccc1. The summed E-state index contributed by atoms with van der Waals surface area (Å²) >= 11 is 0. The van der Waals surface area contributed by atoms with Crippen LogP contribution in [0.2, 0.25) is 0 Å². The Hall–Kier alpha value is -11.3. The number of rotatable bonds is 10. The van der Waals surface area contributed by atoms with Gasteiger partial charge in [-0.1, -0.05) is 288 Å². The lowest BCUT2D eigenvalue weighted by molar-refractivity contribution is 0.591. The third kappa shape index (κ3) is 9.10. The van der Waals surface area contributed by atoms with Gasteiger partial charge in [0.05, 0.1) is 5.41 Å². The van der Waals surface area contributed by atoms with Crippen LogP contribution in [0, 0.1) is 0 Å². The Labute approximate surface area is 540 Å². The van der Waals surface area contributed by atoms with Crippen molar-refractivity contribution in [3.05, 3.63) is 368 Å². The summed E-state index contributed by atoms with van der Waals surface area (Å²) < 4.78 is 0. The zero-order chi connectivity index (χ0) is 61.5. The first kappa shape index (κ1) is 54.9. The van der Waals surface area contributed by atoms with Crippen LogP contribution in [-0.2, 0) is 10.8 Å². The van der Waals surface area contributed by atoms with E-state index in [1.54, 1.807) is 0 Å². The van der Waals surface area contributed by atoms with Crippen LogP contribution in [0.5, 0.6) is 0 Å². The molecule has 0 unspecified atom stereocenters. The molecule has 0 atom stereocenters. The highest BCUT2D eigenvalue weighted by atomic mass is 15.2. The average molecular weight is 1170 g/mol. The molecule has 3 aliphatic rings. The Kier molecular flexibility index (Phi) is 13.1. The van der Waals surface area contributed by atoms with E-state index in [0.29, 0.717) is 0 Å². The number of nitrogens with zero attached hydrogens (tertiary/aromatic N) is 2. The van der Waals surface area contributed by atoms with Crippen LogP contribution >= 0.6 is 0 Å². The highest BCUT2D eigenvalue weighted by molar-refractivity contribution is 7.00. The third-order valence-corrected chi connectivity index (χ3v) is 19.6. The average Bonchev–Trinajstić information content (AvgIpc) is 1.27. The zero-order valence-electron chi connectivity index (χ0n) is 51.8. The number of anilines is 6. The van der Waals surface area contributed by atoms with Crippen LogP contribution in [0.15, 0.2) is 340 Å². The van der Waals surface area contributed by atoms with Crippen molar-refractivity contribution in [3.63, 3.8) is 0 Å². The Morgan fingerprint density at radius 3 is 1.12 bits per heavy atom. The number of fused-ring (bicyclic) bond motifs is 7. The third-order valence-electron chi connectivity index (χ3n) is 19.6. The fraction of sp³-hybridized carbons (Fsp3) is 0.0562. The van der Waals surface area contributed by atoms with E-state index in [-0.39, 0.29) is 12.1 Å². The van der Waals surface area contributed by atoms with Gasteiger partial charge in [-0.05, 0) is 200 Å². The highest BCUT2D eigenvalue weighted by Gasteiger charge is 2.50. The zero-order valence-corrected chi connectivity index (χ0v) is 51.8. The molecule has 2 aliphatic heterocycles. The Balaban J connectivity index is 1.02. The van der Waals surface area contributed by atoms with Gasteiger partial charge in [0, 0.05) is 34.1 Å². The molecule has 0 amide bonds. The van der Waals surface area contributed by atoms with Crippen LogP contribution in [0.25, 0.3) is 77.9 Å². The van der Waals surface area contributed by atoms with E-state index in [2.05, 4.69) is 370 Å². The number of hydrogen-bond acceptors (Lipinski definition) is 2. The van der Waals surface area contributed by atoms with Gasteiger partial charge < -0.3 is 9.80 Å². The lowest BCUT2D eigenvalue weighted by Gasteiger charge is -2.45. The predicted molar refractivity (Wildman–Crippen MR) is 389 cm³/mol. The number of hydrogen-bond donors (Lipinski definition) is 0. The van der Waals surface area contributed by atoms with Crippen molar-refractivity contribution in [1.29, 1.82) is 0 Å². The molecule has 0 bridgehead atoms. The van der Waals surface area contributed by atoms with Gasteiger partial charge in [-0.2, -0.15) is 0 Å². The van der Waals surface area contributed by atoms with Gasteiger partial charge in [0.25, 0.3) is 6.71 Å². The van der Waals surface area contributed by atoms with Crippen molar-refractivity contribution in [2.75, 3.05) is 9.80 Å². The van der Waals surface area contributed by atoms with E-state index < -0.39 is 5.41 Å². The molecule has 0 spiro atoms. The minimum absolute atomic E-state index is 0.153. The molecule has 14 aromatic carbocycles. The molecule has 0 saturated heterocycles. The molecule has 0 radical (unpaired) electrons. The van der Waals surface area contributed by atoms with Crippen LogP contribution in [0.4, 0.5) is 34.1 Å². The second kappa shape index (κ2) is 22.1. The summed E-state index contributed by atoms with van der Waals surface area (Å²) in [5.41, 5.74) is 32.7. The van der Waals surface area contributed by atoms with Crippen molar-refractivity contribution in [1.82, 2.24) is 0 Å². The number of benzene rings is 14. The largest absolute Gasteiger partial charge is 0.311 e. The van der Waals surface area contributed by atoms with Gasteiger partial charge in [-0.25, -0.2) is 0 Å². The molecule has 0 fully saturated rings. The van der Waals surface area contributed by atoms with Crippen LogP contribution in [0.1, 0.15) is 48.6 Å². The summed E-state index contributed by atoms with van der Waals surface area (Å²) in [6, 6.07) is 128. The molecule has 0 saturated carbocycles. The van der Waals surface area contributed by atoms with Crippen LogP contribution in [0.3, 0.4) is 0 Å². The fourth-order valence-corrected chi connectivity index (χ4v) is 15.3. The molecule has 2 heterocycles. The maximum atomic E-state index is 2.66. The Morgan fingerprint density at radius 2 is 0.641 bits per heavy atom. The standard InChI is InChI=1S/C89H65BN2/c1-88(2,3)74-45-48-83-81(57-74)90-82-59-80-78(77-41-25-26-42-79(77)89(80,72-37-21-9-22-38-72)73-39-23-10-24-40-73)58-84(82)91(75-46-43-65(44-47-75)60-27-11-4-12-28-60)85-55-71(68-50-66(61-29-13-5-14-30-61)49-67(51-68)62-31-15-6-16-32-62)56-86(87(85)90)92(83)76-53-69(63-33-17-7-18-34-63)52-70(54-76)64-35-19-8-20-36-64/h4-59H,1-3H3. The Morgan fingerprint density at radius 1 is 0.261 bits per heavy atom. The fourth-order valence-electron chi connectivity index (χ4n) is 15.3. The molecular weight excluding hydrogens is 1110 g/mol. The van der Waals surface area contributed by atoms with E-state index in [9.17, 15) is 0 Å². The minimum atomic E-state index is -0.624. The monoisotopic (exact) mass is 1170 g/mol. The van der Waals surface area contributed by atoms with Crippen molar-refractivity contribution >= 4 is 57.2 Å². The van der Waals surface area contributed by atoms with E-state index in [0.717, 1.165) is 45.0 Å². The van der Waals surface area contributed by atoms with Crippen LogP contribution < -0.4 is 26.2 Å². The van der Waals surface area contributed by atoms with E-state index >= 15 is 0 Å². The lowest BCUT2D eigenvalue weighted by Crippen LogP contribution is -2.61. The summed E-state index contributed by atoms with van der Waals surface area (Å²) in [7, 11) is 0. The van der Waals surface area contributed by atoms with Crippen LogP contribution in [-0.4, -0.2) is 6.71 Å². The van der Waals surface area contributed by atoms with Gasteiger partial charge >= 0.3 is 0 Å². The van der Waals surface area contributed by atoms with Crippen molar-refractivity contribution < 1.29 is 0 Å². The molecule has 2 nitrogen and oxygen atoms in total. The summed E-state index contributed by atoms with van der Waals surface area (Å²) in [5, 5.41) is 0. The second-order valence-electron chi connectivity index (χ2n) is 26.0. The molecule has 0 aromatic heterocycles. The van der Waals surface area contributed by atoms with E-state index in [4.69, 9.17) is 0 Å². The summed E-state index contributed by atoms with van der Waals surface area (Å²) in [5.74, 6) is 0. The van der Waals surface area contributed by atoms with Crippen molar-refractivity contribution in [3.8, 4) is 77.9 Å². The molecular formula is C89H65BN2. The molecule has 0 N–H and O–H groups in total. The predicted octanol–water partition coefficient (Wildman–Crippen LogP) is 21.4. The quantitative estimate of drug-likeness (QED) is 0.126. The van der Waals surface area contributed by atoms with Gasteiger partial charge in [-0.15, -0.1) is 0 Å². The summed E-state index contributed by atoms with van der Waals surface area (Å²) in [6.45, 7) is 6.88. The molecule has 1 aliphatic carbocycles. The first-order valence-electron chi connectivity index (χ1n) is 32.2. The summed E-state index contributed by atoms with van der Waals surface area (Å²) in [6.07, 6.45) is 0. The normalized spacial score (nSPS) is 13.2. The lowest BCUT2D eigenvalue weighted by atomic mass is 9.33.